The van der Waals surface area contributed by atoms with Crippen LogP contribution in [0.15, 0.2) is 24.3 Å². The summed E-state index contributed by atoms with van der Waals surface area (Å²) >= 11 is 0. The van der Waals surface area contributed by atoms with Gasteiger partial charge < -0.3 is 15.4 Å². The lowest BCUT2D eigenvalue weighted by Gasteiger charge is -2.21. The number of nitrogens with one attached hydrogen (secondary N) is 2. The van der Waals surface area contributed by atoms with Gasteiger partial charge in [-0.1, -0.05) is 6.07 Å². The Labute approximate surface area is 118 Å². The Morgan fingerprint density at radius 1 is 1.35 bits per heavy atom. The molecule has 1 fully saturated rings. The molecule has 0 spiro atoms. The Bertz CT molecular complexity index is 523. The normalized spacial score (nSPS) is 14.9. The molecule has 1 aromatic rings. The van der Waals surface area contributed by atoms with Crippen molar-refractivity contribution in [2.45, 2.75) is 26.3 Å². The van der Waals surface area contributed by atoms with Crippen LogP contribution in [0.1, 0.15) is 20.8 Å². The summed E-state index contributed by atoms with van der Waals surface area (Å²) in [5, 5.41) is 5.56. The van der Waals surface area contributed by atoms with E-state index in [2.05, 4.69) is 10.6 Å². The first-order valence-corrected chi connectivity index (χ1v) is 6.49. The highest BCUT2D eigenvalue weighted by Gasteiger charge is 2.23. The Morgan fingerprint density at radius 3 is 2.70 bits per heavy atom. The van der Waals surface area contributed by atoms with E-state index in [0.717, 1.165) is 0 Å². The van der Waals surface area contributed by atoms with Crippen molar-refractivity contribution < 1.29 is 14.3 Å². The number of rotatable bonds is 2. The summed E-state index contributed by atoms with van der Waals surface area (Å²) in [6.07, 6.45) is -0.360. The average Bonchev–Trinajstić information content (AvgIpc) is 2.73. The number of ether oxygens (including phenoxy) is 1. The average molecular weight is 277 g/mol. The van der Waals surface area contributed by atoms with Crippen LogP contribution in [0.5, 0.6) is 0 Å². The van der Waals surface area contributed by atoms with Crippen molar-refractivity contribution >= 4 is 23.5 Å². The van der Waals surface area contributed by atoms with Crippen LogP contribution in [-0.2, 0) is 4.74 Å². The first-order valence-electron chi connectivity index (χ1n) is 6.49. The van der Waals surface area contributed by atoms with Gasteiger partial charge in [0, 0.05) is 16.9 Å². The molecule has 0 radical (unpaired) electrons. The lowest BCUT2D eigenvalue weighted by atomic mass is 10.1. The van der Waals surface area contributed by atoms with E-state index in [1.807, 2.05) is 20.8 Å². The maximum atomic E-state index is 11.8. The number of hydrogen-bond donors (Lipinski definition) is 2. The Hall–Kier alpha value is -2.24. The summed E-state index contributed by atoms with van der Waals surface area (Å²) in [6.45, 7) is 6.63. The summed E-state index contributed by atoms with van der Waals surface area (Å²) in [4.78, 5) is 24.8. The summed E-state index contributed by atoms with van der Waals surface area (Å²) in [7, 11) is 0. The number of nitrogens with zero attached hydrogens (tertiary/aromatic N) is 1. The van der Waals surface area contributed by atoms with Crippen LogP contribution >= 0.6 is 0 Å². The highest BCUT2D eigenvalue weighted by atomic mass is 16.6. The molecule has 2 rings (SSSR count). The van der Waals surface area contributed by atoms with Crippen LogP contribution < -0.4 is 15.5 Å². The van der Waals surface area contributed by atoms with Gasteiger partial charge >= 0.3 is 12.1 Å². The second-order valence-electron chi connectivity index (χ2n) is 5.65. The standard InChI is InChI=1S/C14H19N3O3/c1-14(2,3)16-12(18)15-10-5-4-6-11(9-10)17-7-8-20-13(17)19/h4-6,9H,7-8H2,1-3H3,(H2,15,16,18). The number of urea groups is 1. The molecule has 108 valence electrons. The van der Waals surface area contributed by atoms with Crippen LogP contribution in [0.4, 0.5) is 21.0 Å². The van der Waals surface area contributed by atoms with Gasteiger partial charge in [-0.05, 0) is 39.0 Å². The van der Waals surface area contributed by atoms with Crippen molar-refractivity contribution in [2.24, 2.45) is 0 Å². The van der Waals surface area contributed by atoms with Gasteiger partial charge in [-0.25, -0.2) is 9.59 Å². The van der Waals surface area contributed by atoms with Crippen molar-refractivity contribution in [3.8, 4) is 0 Å². The number of carbonyl (C=O) groups is 2. The van der Waals surface area contributed by atoms with E-state index in [9.17, 15) is 9.59 Å². The van der Waals surface area contributed by atoms with Crippen molar-refractivity contribution in [2.75, 3.05) is 23.4 Å². The molecule has 0 saturated carbocycles. The second kappa shape index (κ2) is 5.40. The fourth-order valence-corrected chi connectivity index (χ4v) is 1.88. The maximum absolute atomic E-state index is 11.8. The van der Waals surface area contributed by atoms with E-state index in [1.54, 1.807) is 24.3 Å². The fourth-order valence-electron chi connectivity index (χ4n) is 1.88. The number of anilines is 2. The number of cyclic esters (lactones) is 1. The van der Waals surface area contributed by atoms with E-state index in [1.165, 1.54) is 4.90 Å². The van der Waals surface area contributed by atoms with Crippen LogP contribution in [0.25, 0.3) is 0 Å². The molecule has 0 aromatic heterocycles. The summed E-state index contributed by atoms with van der Waals surface area (Å²) in [6, 6.07) is 6.83. The number of carbonyl (C=O) groups excluding carboxylic acids is 2. The van der Waals surface area contributed by atoms with Gasteiger partial charge in [0.05, 0.1) is 6.54 Å². The molecule has 2 N–H and O–H groups in total. The molecular weight excluding hydrogens is 258 g/mol. The molecular formula is C14H19N3O3. The lowest BCUT2D eigenvalue weighted by molar-refractivity contribution is 0.181. The minimum absolute atomic E-state index is 0.279. The molecule has 0 unspecified atom stereocenters. The van der Waals surface area contributed by atoms with Crippen molar-refractivity contribution in [1.82, 2.24) is 5.32 Å². The lowest BCUT2D eigenvalue weighted by Crippen LogP contribution is -2.43. The van der Waals surface area contributed by atoms with Crippen molar-refractivity contribution in [3.63, 3.8) is 0 Å². The fraction of sp³-hybridized carbons (Fsp3) is 0.429. The molecule has 6 heteroatoms. The summed E-state index contributed by atoms with van der Waals surface area (Å²) in [5.74, 6) is 0. The predicted molar refractivity (Wildman–Crippen MR) is 77.0 cm³/mol. The smallest absolute Gasteiger partial charge is 0.414 e. The molecule has 1 saturated heterocycles. The van der Waals surface area contributed by atoms with E-state index in [-0.39, 0.29) is 17.7 Å². The Balaban J connectivity index is 2.06. The summed E-state index contributed by atoms with van der Waals surface area (Å²) in [5.41, 5.74) is 1.03. The summed E-state index contributed by atoms with van der Waals surface area (Å²) < 4.78 is 4.89. The van der Waals surface area contributed by atoms with Gasteiger partial charge in [-0.15, -0.1) is 0 Å². The highest BCUT2D eigenvalue weighted by Crippen LogP contribution is 2.22. The van der Waals surface area contributed by atoms with Crippen LogP contribution in [0.2, 0.25) is 0 Å². The third kappa shape index (κ3) is 3.63. The highest BCUT2D eigenvalue weighted by molar-refractivity contribution is 5.93. The minimum atomic E-state index is -0.360. The quantitative estimate of drug-likeness (QED) is 0.872. The predicted octanol–water partition coefficient (Wildman–Crippen LogP) is 2.56. The number of hydrogen-bond acceptors (Lipinski definition) is 3. The maximum Gasteiger partial charge on any atom is 0.414 e. The largest absolute Gasteiger partial charge is 0.447 e. The third-order valence-corrected chi connectivity index (χ3v) is 2.67. The molecule has 1 heterocycles. The first-order chi connectivity index (χ1) is 9.35. The molecule has 3 amide bonds. The minimum Gasteiger partial charge on any atom is -0.447 e. The molecule has 1 aliphatic rings. The second-order valence-corrected chi connectivity index (χ2v) is 5.65. The van der Waals surface area contributed by atoms with E-state index >= 15 is 0 Å². The van der Waals surface area contributed by atoms with Gasteiger partial charge in [0.25, 0.3) is 0 Å². The molecule has 0 aliphatic carbocycles. The van der Waals surface area contributed by atoms with E-state index in [4.69, 9.17) is 4.74 Å². The first kappa shape index (κ1) is 14.2. The van der Waals surface area contributed by atoms with Gasteiger partial charge in [0.1, 0.15) is 6.61 Å². The Kier molecular flexibility index (Phi) is 3.83. The van der Waals surface area contributed by atoms with Gasteiger partial charge in [0.15, 0.2) is 0 Å². The topological polar surface area (TPSA) is 70.7 Å². The SMILES string of the molecule is CC(C)(C)NC(=O)Nc1cccc(N2CCOC2=O)c1. The van der Waals surface area contributed by atoms with E-state index in [0.29, 0.717) is 24.5 Å². The molecule has 1 aromatic carbocycles. The Morgan fingerprint density at radius 2 is 2.10 bits per heavy atom. The van der Waals surface area contributed by atoms with Gasteiger partial charge in [-0.3, -0.25) is 4.90 Å². The van der Waals surface area contributed by atoms with Gasteiger partial charge in [-0.2, -0.15) is 0 Å². The third-order valence-electron chi connectivity index (χ3n) is 2.67. The molecule has 6 nitrogen and oxygen atoms in total. The molecule has 0 atom stereocenters. The van der Waals surface area contributed by atoms with Crippen LogP contribution in [-0.4, -0.2) is 30.8 Å². The zero-order valence-electron chi connectivity index (χ0n) is 11.9. The monoisotopic (exact) mass is 277 g/mol. The van der Waals surface area contributed by atoms with E-state index < -0.39 is 0 Å². The zero-order chi connectivity index (χ0) is 14.8. The van der Waals surface area contributed by atoms with Gasteiger partial charge in [0.2, 0.25) is 0 Å². The molecule has 1 aliphatic heterocycles. The number of benzene rings is 1. The van der Waals surface area contributed by atoms with Crippen molar-refractivity contribution in [1.29, 1.82) is 0 Å². The molecule has 20 heavy (non-hydrogen) atoms. The van der Waals surface area contributed by atoms with Crippen LogP contribution in [0, 0.1) is 0 Å². The zero-order valence-corrected chi connectivity index (χ0v) is 11.9. The van der Waals surface area contributed by atoms with Crippen LogP contribution in [0.3, 0.4) is 0 Å². The molecule has 0 bridgehead atoms. The number of amides is 3. The van der Waals surface area contributed by atoms with Crippen molar-refractivity contribution in [3.05, 3.63) is 24.3 Å².